The predicted octanol–water partition coefficient (Wildman–Crippen LogP) is 2.99. The van der Waals surface area contributed by atoms with E-state index in [1.807, 2.05) is 5.01 Å². The van der Waals surface area contributed by atoms with E-state index in [2.05, 4.69) is 32.7 Å². The summed E-state index contributed by atoms with van der Waals surface area (Å²) < 4.78 is 0. The molecule has 0 spiro atoms. The van der Waals surface area contributed by atoms with Gasteiger partial charge < -0.3 is 5.32 Å². The lowest BCUT2D eigenvalue weighted by Gasteiger charge is -2.35. The van der Waals surface area contributed by atoms with Gasteiger partial charge in [-0.05, 0) is 18.8 Å². The molecule has 1 aliphatic rings. The van der Waals surface area contributed by atoms with Gasteiger partial charge in [-0.25, -0.2) is 5.84 Å². The van der Waals surface area contributed by atoms with Crippen LogP contribution in [0.25, 0.3) is 0 Å². The third-order valence-corrected chi connectivity index (χ3v) is 4.17. The van der Waals surface area contributed by atoms with Crippen LogP contribution in [-0.2, 0) is 0 Å². The van der Waals surface area contributed by atoms with Crippen molar-refractivity contribution in [1.82, 2.24) is 10.3 Å². The standard InChI is InChI=1S/C14H29N3/c1-5-9-14(10-7-8-12(3)6-2)11-16-13(4)17(14)15/h12,16H,4-11,15H2,1-3H3. The molecule has 3 heteroatoms. The van der Waals surface area contributed by atoms with E-state index in [1.165, 1.54) is 32.1 Å². The van der Waals surface area contributed by atoms with Crippen molar-refractivity contribution in [3.63, 3.8) is 0 Å². The Labute approximate surface area is 106 Å². The Morgan fingerprint density at radius 2 is 2.18 bits per heavy atom. The second-order valence-corrected chi connectivity index (χ2v) is 5.55. The molecule has 1 saturated heterocycles. The molecular weight excluding hydrogens is 210 g/mol. The Balaban J connectivity index is 2.51. The molecular formula is C14H29N3. The molecule has 0 aromatic carbocycles. The Morgan fingerprint density at radius 3 is 2.65 bits per heavy atom. The van der Waals surface area contributed by atoms with Crippen molar-refractivity contribution in [2.24, 2.45) is 11.8 Å². The molecule has 0 aromatic heterocycles. The highest BCUT2D eigenvalue weighted by molar-refractivity contribution is 5.09. The molecule has 0 aromatic rings. The van der Waals surface area contributed by atoms with Gasteiger partial charge in [-0.15, -0.1) is 0 Å². The Morgan fingerprint density at radius 1 is 1.47 bits per heavy atom. The van der Waals surface area contributed by atoms with Crippen LogP contribution >= 0.6 is 0 Å². The van der Waals surface area contributed by atoms with Crippen molar-refractivity contribution >= 4 is 0 Å². The van der Waals surface area contributed by atoms with Crippen molar-refractivity contribution in [3.05, 3.63) is 12.4 Å². The van der Waals surface area contributed by atoms with E-state index >= 15 is 0 Å². The zero-order valence-electron chi connectivity index (χ0n) is 11.8. The summed E-state index contributed by atoms with van der Waals surface area (Å²) in [5.41, 5.74) is 0.110. The summed E-state index contributed by atoms with van der Waals surface area (Å²) in [4.78, 5) is 0. The zero-order chi connectivity index (χ0) is 12.9. The molecule has 1 fully saturated rings. The lowest BCUT2D eigenvalue weighted by molar-refractivity contribution is 0.146. The van der Waals surface area contributed by atoms with Gasteiger partial charge in [-0.1, -0.05) is 53.0 Å². The third kappa shape index (κ3) is 3.38. The largest absolute Gasteiger partial charge is 0.369 e. The monoisotopic (exact) mass is 239 g/mol. The van der Waals surface area contributed by atoms with E-state index in [-0.39, 0.29) is 5.54 Å². The van der Waals surface area contributed by atoms with Crippen molar-refractivity contribution in [2.45, 2.75) is 64.8 Å². The summed E-state index contributed by atoms with van der Waals surface area (Å²) >= 11 is 0. The molecule has 2 atom stereocenters. The molecule has 100 valence electrons. The first-order valence-corrected chi connectivity index (χ1v) is 7.03. The summed E-state index contributed by atoms with van der Waals surface area (Å²) in [6, 6.07) is 0. The second-order valence-electron chi connectivity index (χ2n) is 5.55. The van der Waals surface area contributed by atoms with E-state index in [4.69, 9.17) is 5.84 Å². The average Bonchev–Trinajstić information content (AvgIpc) is 2.59. The fourth-order valence-electron chi connectivity index (χ4n) is 2.71. The van der Waals surface area contributed by atoms with Crippen molar-refractivity contribution in [2.75, 3.05) is 6.54 Å². The van der Waals surface area contributed by atoms with E-state index in [1.54, 1.807) is 0 Å². The predicted molar refractivity (Wildman–Crippen MR) is 74.1 cm³/mol. The molecule has 17 heavy (non-hydrogen) atoms. The number of nitrogens with two attached hydrogens (primary N) is 1. The quantitative estimate of drug-likeness (QED) is 0.671. The van der Waals surface area contributed by atoms with Crippen LogP contribution in [0.2, 0.25) is 0 Å². The molecule has 3 N–H and O–H groups in total. The summed E-state index contributed by atoms with van der Waals surface area (Å²) in [6.07, 6.45) is 7.34. The second kappa shape index (κ2) is 6.29. The topological polar surface area (TPSA) is 41.3 Å². The van der Waals surface area contributed by atoms with Crippen molar-refractivity contribution in [3.8, 4) is 0 Å². The van der Waals surface area contributed by atoms with Gasteiger partial charge in [-0.2, -0.15) is 0 Å². The average molecular weight is 239 g/mol. The molecule has 0 bridgehead atoms. The number of hydrazine groups is 1. The number of nitrogens with one attached hydrogen (secondary N) is 1. The minimum absolute atomic E-state index is 0.110. The Kier molecular flexibility index (Phi) is 5.31. The Bertz CT molecular complexity index is 252. The highest BCUT2D eigenvalue weighted by Crippen LogP contribution is 2.32. The van der Waals surface area contributed by atoms with Gasteiger partial charge in [0.05, 0.1) is 5.54 Å². The molecule has 0 saturated carbocycles. The number of hydrogen-bond acceptors (Lipinski definition) is 3. The summed E-state index contributed by atoms with van der Waals surface area (Å²) in [6.45, 7) is 11.7. The van der Waals surface area contributed by atoms with Gasteiger partial charge in [0, 0.05) is 6.54 Å². The third-order valence-electron chi connectivity index (χ3n) is 4.17. The summed E-state index contributed by atoms with van der Waals surface area (Å²) in [7, 11) is 0. The molecule has 1 aliphatic heterocycles. The fraction of sp³-hybridized carbons (Fsp3) is 0.857. The lowest BCUT2D eigenvalue weighted by atomic mass is 9.86. The molecule has 0 amide bonds. The van der Waals surface area contributed by atoms with Gasteiger partial charge in [0.1, 0.15) is 5.82 Å². The summed E-state index contributed by atoms with van der Waals surface area (Å²) in [5.74, 6) is 7.87. The van der Waals surface area contributed by atoms with E-state index < -0.39 is 0 Å². The van der Waals surface area contributed by atoms with Gasteiger partial charge in [0.15, 0.2) is 0 Å². The first kappa shape index (κ1) is 14.4. The number of nitrogens with zero attached hydrogens (tertiary/aromatic N) is 1. The molecule has 1 rings (SSSR count). The van der Waals surface area contributed by atoms with Crippen LogP contribution in [0.15, 0.2) is 12.4 Å². The lowest BCUT2D eigenvalue weighted by Crippen LogP contribution is -2.49. The van der Waals surface area contributed by atoms with E-state index in [9.17, 15) is 0 Å². The maximum atomic E-state index is 6.16. The fourth-order valence-corrected chi connectivity index (χ4v) is 2.71. The maximum absolute atomic E-state index is 6.16. The van der Waals surface area contributed by atoms with Crippen LogP contribution in [0.5, 0.6) is 0 Å². The maximum Gasteiger partial charge on any atom is 0.109 e. The van der Waals surface area contributed by atoms with Gasteiger partial charge in [0.25, 0.3) is 0 Å². The van der Waals surface area contributed by atoms with Crippen molar-refractivity contribution < 1.29 is 0 Å². The van der Waals surface area contributed by atoms with Crippen LogP contribution < -0.4 is 11.2 Å². The van der Waals surface area contributed by atoms with Gasteiger partial charge in [0.2, 0.25) is 0 Å². The first-order chi connectivity index (χ1) is 8.05. The summed E-state index contributed by atoms with van der Waals surface area (Å²) in [5, 5.41) is 5.19. The van der Waals surface area contributed by atoms with Crippen LogP contribution in [0, 0.1) is 5.92 Å². The number of rotatable bonds is 7. The molecule has 3 nitrogen and oxygen atoms in total. The Hall–Kier alpha value is -0.700. The number of hydrogen-bond donors (Lipinski definition) is 2. The zero-order valence-corrected chi connectivity index (χ0v) is 11.8. The normalized spacial score (nSPS) is 26.1. The van der Waals surface area contributed by atoms with E-state index in [0.29, 0.717) is 0 Å². The van der Waals surface area contributed by atoms with Gasteiger partial charge in [-0.3, -0.25) is 5.01 Å². The van der Waals surface area contributed by atoms with Crippen LogP contribution in [0.3, 0.4) is 0 Å². The van der Waals surface area contributed by atoms with E-state index in [0.717, 1.165) is 24.7 Å². The van der Waals surface area contributed by atoms with Gasteiger partial charge >= 0.3 is 0 Å². The molecule has 2 unspecified atom stereocenters. The highest BCUT2D eigenvalue weighted by atomic mass is 15.5. The molecule has 0 aliphatic carbocycles. The minimum Gasteiger partial charge on any atom is -0.369 e. The van der Waals surface area contributed by atoms with Crippen LogP contribution in [-0.4, -0.2) is 17.1 Å². The molecule has 1 heterocycles. The van der Waals surface area contributed by atoms with Crippen molar-refractivity contribution in [1.29, 1.82) is 0 Å². The SMILES string of the molecule is C=C1NCC(CCC)(CCCC(C)CC)N1N. The van der Waals surface area contributed by atoms with Crippen LogP contribution in [0.4, 0.5) is 0 Å². The highest BCUT2D eigenvalue weighted by Gasteiger charge is 2.39. The minimum atomic E-state index is 0.110. The molecule has 0 radical (unpaired) electrons. The van der Waals surface area contributed by atoms with Crippen LogP contribution in [0.1, 0.15) is 59.3 Å². The first-order valence-electron chi connectivity index (χ1n) is 7.03. The smallest absolute Gasteiger partial charge is 0.109 e.